The zero-order chi connectivity index (χ0) is 18.6. The molecule has 1 saturated carbocycles. The molecule has 0 radical (unpaired) electrons. The summed E-state index contributed by atoms with van der Waals surface area (Å²) in [7, 11) is 1.51. The molecule has 1 aliphatic rings. The van der Waals surface area contributed by atoms with Crippen molar-refractivity contribution < 1.29 is 14.3 Å². The Morgan fingerprint density at radius 2 is 1.80 bits per heavy atom. The predicted molar refractivity (Wildman–Crippen MR) is 100 cm³/mol. The van der Waals surface area contributed by atoms with Crippen LogP contribution in [-0.2, 0) is 9.59 Å². The minimum atomic E-state index is -1.18. The number of rotatable bonds is 5. The summed E-state index contributed by atoms with van der Waals surface area (Å²) in [5, 5.41) is 6.39. The van der Waals surface area contributed by atoms with Gasteiger partial charge in [0, 0.05) is 17.1 Å². The summed E-state index contributed by atoms with van der Waals surface area (Å²) in [5.74, 6) is -0.158. The molecule has 1 aromatic carbocycles. The number of amides is 2. The first-order chi connectivity index (χ1) is 11.8. The summed E-state index contributed by atoms with van der Waals surface area (Å²) < 4.78 is 5.28. The van der Waals surface area contributed by atoms with Crippen molar-refractivity contribution in [3.05, 3.63) is 22.7 Å². The molecule has 2 N–H and O–H groups in total. The van der Waals surface area contributed by atoms with Gasteiger partial charge in [-0.1, -0.05) is 30.9 Å². The highest BCUT2D eigenvalue weighted by atomic mass is 35.5. The Bertz CT molecular complexity index is 652. The van der Waals surface area contributed by atoms with E-state index in [1.165, 1.54) is 13.5 Å². The van der Waals surface area contributed by atoms with Gasteiger partial charge in [-0.3, -0.25) is 9.59 Å². The van der Waals surface area contributed by atoms with Crippen molar-refractivity contribution in [2.24, 2.45) is 5.41 Å². The number of hydrogen-bond donors (Lipinski definition) is 2. The van der Waals surface area contributed by atoms with Crippen LogP contribution < -0.4 is 15.4 Å². The Balaban J connectivity index is 2.10. The number of hydrogen-bond acceptors (Lipinski definition) is 3. The second-order valence-electron chi connectivity index (χ2n) is 7.19. The van der Waals surface area contributed by atoms with Crippen molar-refractivity contribution in [1.29, 1.82) is 0 Å². The molecule has 1 fully saturated rings. The first-order valence-electron chi connectivity index (χ1n) is 8.72. The van der Waals surface area contributed by atoms with Crippen LogP contribution in [-0.4, -0.2) is 25.0 Å². The second kappa shape index (κ2) is 8.09. The van der Waals surface area contributed by atoms with Crippen molar-refractivity contribution in [3.8, 4) is 5.75 Å². The zero-order valence-electron chi connectivity index (χ0n) is 15.4. The minimum Gasteiger partial charge on any atom is -0.495 e. The molecule has 1 aromatic rings. The molecular weight excluding hydrogens is 340 g/mol. The molecular formula is C19H27ClN2O3. The average molecular weight is 367 g/mol. The molecule has 5 nitrogen and oxygen atoms in total. The molecule has 6 heteroatoms. The normalized spacial score (nSPS) is 15.6. The smallest absolute Gasteiger partial charge is 0.239 e. The van der Waals surface area contributed by atoms with Crippen LogP contribution in [0.15, 0.2) is 12.1 Å². The van der Waals surface area contributed by atoms with E-state index < -0.39 is 5.41 Å². The van der Waals surface area contributed by atoms with Crippen LogP contribution in [0.25, 0.3) is 0 Å². The number of carbonyl (C=O) groups excluding carboxylic acids is 2. The fourth-order valence-electron chi connectivity index (χ4n) is 2.92. The number of methoxy groups -OCH3 is 1. The first kappa shape index (κ1) is 19.6. The molecule has 0 bridgehead atoms. The Hall–Kier alpha value is -1.75. The van der Waals surface area contributed by atoms with Crippen LogP contribution in [0.4, 0.5) is 5.69 Å². The third kappa shape index (κ3) is 4.66. The molecule has 2 amide bonds. The minimum absolute atomic E-state index is 0.167. The average Bonchev–Trinajstić information content (AvgIpc) is 2.58. The summed E-state index contributed by atoms with van der Waals surface area (Å²) >= 11 is 6.09. The van der Waals surface area contributed by atoms with Gasteiger partial charge in [0.25, 0.3) is 0 Å². The van der Waals surface area contributed by atoms with E-state index in [9.17, 15) is 9.59 Å². The van der Waals surface area contributed by atoms with Crippen molar-refractivity contribution in [2.45, 2.75) is 58.9 Å². The van der Waals surface area contributed by atoms with E-state index in [1.54, 1.807) is 26.0 Å². The van der Waals surface area contributed by atoms with Gasteiger partial charge in [0.1, 0.15) is 11.2 Å². The molecule has 0 saturated heterocycles. The molecule has 138 valence electrons. The molecule has 0 unspecified atom stereocenters. The van der Waals surface area contributed by atoms with Gasteiger partial charge in [-0.25, -0.2) is 0 Å². The summed E-state index contributed by atoms with van der Waals surface area (Å²) in [6, 6.07) is 3.57. The summed E-state index contributed by atoms with van der Waals surface area (Å²) in [6.45, 7) is 5.11. The fourth-order valence-corrected chi connectivity index (χ4v) is 3.08. The molecule has 2 rings (SSSR count). The SMILES string of the molecule is COc1cc(Cl)c(C)cc1NC(=O)C(C)(C)C(=O)NC1CCCCC1. The van der Waals surface area contributed by atoms with Crippen LogP contribution in [0.5, 0.6) is 5.75 Å². The first-order valence-corrected chi connectivity index (χ1v) is 9.10. The fraction of sp³-hybridized carbons (Fsp3) is 0.579. The lowest BCUT2D eigenvalue weighted by Crippen LogP contribution is -2.49. The number of carbonyl (C=O) groups is 2. The maximum absolute atomic E-state index is 12.7. The van der Waals surface area contributed by atoms with Gasteiger partial charge in [0.15, 0.2) is 0 Å². The van der Waals surface area contributed by atoms with Gasteiger partial charge in [0.2, 0.25) is 11.8 Å². The highest BCUT2D eigenvalue weighted by Crippen LogP contribution is 2.32. The number of nitrogens with one attached hydrogen (secondary N) is 2. The summed E-state index contributed by atoms with van der Waals surface area (Å²) in [5.41, 5.74) is 0.144. The van der Waals surface area contributed by atoms with E-state index in [4.69, 9.17) is 16.3 Å². The van der Waals surface area contributed by atoms with Crippen LogP contribution in [0, 0.1) is 12.3 Å². The molecule has 1 aliphatic carbocycles. The van der Waals surface area contributed by atoms with E-state index >= 15 is 0 Å². The van der Waals surface area contributed by atoms with Gasteiger partial charge in [-0.2, -0.15) is 0 Å². The van der Waals surface area contributed by atoms with Crippen LogP contribution >= 0.6 is 11.6 Å². The Morgan fingerprint density at radius 1 is 1.16 bits per heavy atom. The van der Waals surface area contributed by atoms with Crippen LogP contribution in [0.1, 0.15) is 51.5 Å². The van der Waals surface area contributed by atoms with Gasteiger partial charge in [0.05, 0.1) is 12.8 Å². The molecule has 0 heterocycles. The van der Waals surface area contributed by atoms with Gasteiger partial charge in [-0.05, 0) is 45.2 Å². The van der Waals surface area contributed by atoms with Gasteiger partial charge >= 0.3 is 0 Å². The van der Waals surface area contributed by atoms with Crippen LogP contribution in [0.3, 0.4) is 0 Å². The van der Waals surface area contributed by atoms with E-state index in [2.05, 4.69) is 10.6 Å². The Kier molecular flexibility index (Phi) is 6.33. The molecule has 25 heavy (non-hydrogen) atoms. The molecule has 0 aromatic heterocycles. The summed E-state index contributed by atoms with van der Waals surface area (Å²) in [6.07, 6.45) is 5.42. The lowest BCUT2D eigenvalue weighted by atomic mass is 9.88. The maximum Gasteiger partial charge on any atom is 0.239 e. The number of benzene rings is 1. The lowest BCUT2D eigenvalue weighted by Gasteiger charge is -2.28. The third-order valence-corrected chi connectivity index (χ3v) is 5.21. The number of ether oxygens (including phenoxy) is 1. The second-order valence-corrected chi connectivity index (χ2v) is 7.60. The van der Waals surface area contributed by atoms with Crippen molar-refractivity contribution in [1.82, 2.24) is 5.32 Å². The van der Waals surface area contributed by atoms with Crippen molar-refractivity contribution in [2.75, 3.05) is 12.4 Å². The predicted octanol–water partition coefficient (Wildman–Crippen LogP) is 4.07. The highest BCUT2D eigenvalue weighted by Gasteiger charge is 2.37. The molecule has 0 atom stereocenters. The lowest BCUT2D eigenvalue weighted by molar-refractivity contribution is -0.139. The van der Waals surface area contributed by atoms with Gasteiger partial charge in [-0.15, -0.1) is 0 Å². The van der Waals surface area contributed by atoms with E-state index in [0.29, 0.717) is 16.5 Å². The Morgan fingerprint density at radius 3 is 2.40 bits per heavy atom. The van der Waals surface area contributed by atoms with E-state index in [0.717, 1.165) is 31.2 Å². The maximum atomic E-state index is 12.7. The standard InChI is InChI=1S/C19H27ClN2O3/c1-12-10-15(16(25-4)11-14(12)20)22-18(24)19(2,3)17(23)21-13-8-6-5-7-9-13/h10-11,13H,5-9H2,1-4H3,(H,21,23)(H,22,24). The molecule has 0 aliphatic heterocycles. The van der Waals surface area contributed by atoms with Gasteiger partial charge < -0.3 is 15.4 Å². The third-order valence-electron chi connectivity index (χ3n) is 4.80. The Labute approximate surface area is 154 Å². The van der Waals surface area contributed by atoms with E-state index in [-0.39, 0.29) is 17.9 Å². The van der Waals surface area contributed by atoms with Crippen molar-refractivity contribution in [3.63, 3.8) is 0 Å². The van der Waals surface area contributed by atoms with Crippen molar-refractivity contribution >= 4 is 29.1 Å². The number of anilines is 1. The zero-order valence-corrected chi connectivity index (χ0v) is 16.1. The van der Waals surface area contributed by atoms with Crippen LogP contribution in [0.2, 0.25) is 5.02 Å². The highest BCUT2D eigenvalue weighted by molar-refractivity contribution is 6.31. The summed E-state index contributed by atoms with van der Waals surface area (Å²) in [4.78, 5) is 25.3. The number of aryl methyl sites for hydroxylation is 1. The monoisotopic (exact) mass is 366 g/mol. The molecule has 0 spiro atoms. The quantitative estimate of drug-likeness (QED) is 0.772. The topological polar surface area (TPSA) is 67.4 Å². The van der Waals surface area contributed by atoms with E-state index in [1.807, 2.05) is 6.92 Å². The largest absolute Gasteiger partial charge is 0.495 e. The number of halogens is 1.